The minimum Gasteiger partial charge on any atom is -0.508 e. The third-order valence-electron chi connectivity index (χ3n) is 11.1. The van der Waals surface area contributed by atoms with Crippen molar-refractivity contribution in [2.24, 2.45) is 0 Å². The standard InChI is InChI=1S/C42H46O22/c43-13-24-31(50)36(55)40(64-42-38(57)35(54)32(51)26(63-42)15-58-27(48)10-3-16-1-6-18(45)7-2-16)39(61-24)29-21(47)12-23-28(33(29)52)20(46)11-22(60-23)17-4-8-19(9-5-17)59-41-37(56)34(53)30(49)25(14-44)62-41/h1-12,24-26,30-32,34-45,47,49-57H,13-15H2/b10-3+/t24-,25+,26-,30+,31+,32+,34-,35-,36-,37+,38-,39-,40+,41+,42-/m0/s1. The Labute approximate surface area is 360 Å². The smallest absolute Gasteiger partial charge is 0.330 e. The van der Waals surface area contributed by atoms with Gasteiger partial charge in [-0.2, -0.15) is 0 Å². The summed E-state index contributed by atoms with van der Waals surface area (Å²) in [5, 5.41) is 136. The topological polar surface area (TPSA) is 366 Å². The van der Waals surface area contributed by atoms with E-state index >= 15 is 0 Å². The number of rotatable bonds is 12. The van der Waals surface area contributed by atoms with Crippen LogP contribution in [0.4, 0.5) is 0 Å². The molecule has 4 heterocycles. The second kappa shape index (κ2) is 19.4. The molecule has 3 saturated heterocycles. The SMILES string of the molecule is O=C(/C=C/c1ccc(O)cc1)OC[C@@H]1O[C@@H](O[C@@H]2[C@@H](O)[C@H](O)[C@H](CO)O[C@H]2c2c(O)cc3oc(-c4ccc(O[C@@H]5O[C@H](CO)[C@@H](O)[C@H](O)[C@H]5O)cc4)cc(=O)c3c2O)[C@@H](O)[C@@H](O)[C@@H]1O. The van der Waals surface area contributed by atoms with E-state index in [0.29, 0.717) is 5.56 Å². The fourth-order valence-electron chi connectivity index (χ4n) is 7.48. The maximum atomic E-state index is 13.6. The molecule has 13 N–H and O–H groups in total. The number of fused-ring (bicyclic) bond motifs is 1. The second-order valence-electron chi connectivity index (χ2n) is 15.3. The van der Waals surface area contributed by atoms with Crippen molar-refractivity contribution >= 4 is 23.0 Å². The number of carbonyl (C=O) groups excluding carboxylic acids is 1. The molecule has 22 nitrogen and oxygen atoms in total. The van der Waals surface area contributed by atoms with Gasteiger partial charge in [-0.25, -0.2) is 4.79 Å². The quantitative estimate of drug-likeness (QED) is 0.0510. The highest BCUT2D eigenvalue weighted by atomic mass is 16.7. The Balaban J connectivity index is 1.12. The maximum Gasteiger partial charge on any atom is 0.330 e. The Morgan fingerprint density at radius 1 is 0.672 bits per heavy atom. The third kappa shape index (κ3) is 9.42. The molecule has 0 amide bonds. The van der Waals surface area contributed by atoms with E-state index in [-0.39, 0.29) is 28.4 Å². The molecule has 0 spiro atoms. The molecular formula is C42H46O22. The summed E-state index contributed by atoms with van der Waals surface area (Å²) in [7, 11) is 0. The van der Waals surface area contributed by atoms with E-state index in [0.717, 1.165) is 18.2 Å². The fourth-order valence-corrected chi connectivity index (χ4v) is 7.48. The van der Waals surface area contributed by atoms with Gasteiger partial charge in [0.15, 0.2) is 11.7 Å². The summed E-state index contributed by atoms with van der Waals surface area (Å²) in [5.74, 6) is -2.63. The first-order valence-corrected chi connectivity index (χ1v) is 19.7. The number of carbonyl (C=O) groups is 1. The zero-order valence-corrected chi connectivity index (χ0v) is 33.2. The van der Waals surface area contributed by atoms with Crippen LogP contribution in [0.2, 0.25) is 0 Å². The van der Waals surface area contributed by atoms with Crippen molar-refractivity contribution in [1.29, 1.82) is 0 Å². The molecule has 3 aliphatic rings. The van der Waals surface area contributed by atoms with Gasteiger partial charge in [0.25, 0.3) is 0 Å². The van der Waals surface area contributed by atoms with E-state index in [1.54, 1.807) is 0 Å². The molecule has 4 aromatic rings. The van der Waals surface area contributed by atoms with Crippen molar-refractivity contribution in [1.82, 2.24) is 0 Å². The second-order valence-corrected chi connectivity index (χ2v) is 15.3. The van der Waals surface area contributed by atoms with Gasteiger partial charge in [-0.3, -0.25) is 4.79 Å². The van der Waals surface area contributed by atoms with Crippen molar-refractivity contribution in [3.05, 3.63) is 88.1 Å². The van der Waals surface area contributed by atoms with Crippen molar-refractivity contribution < 1.29 is 104 Å². The zero-order valence-electron chi connectivity index (χ0n) is 33.2. The third-order valence-corrected chi connectivity index (χ3v) is 11.1. The van der Waals surface area contributed by atoms with Crippen LogP contribution in [-0.4, -0.2) is 178 Å². The van der Waals surface area contributed by atoms with Gasteiger partial charge in [0.2, 0.25) is 6.29 Å². The van der Waals surface area contributed by atoms with E-state index in [4.69, 9.17) is 32.8 Å². The van der Waals surface area contributed by atoms with Crippen LogP contribution in [0.5, 0.6) is 23.0 Å². The molecule has 64 heavy (non-hydrogen) atoms. The summed E-state index contributed by atoms with van der Waals surface area (Å²) in [4.78, 5) is 26.1. The largest absolute Gasteiger partial charge is 0.508 e. The first kappa shape index (κ1) is 46.7. The molecule has 7 rings (SSSR count). The van der Waals surface area contributed by atoms with Crippen LogP contribution in [0.15, 0.2) is 76.0 Å². The van der Waals surface area contributed by atoms with E-state index in [2.05, 4.69) is 0 Å². The molecule has 346 valence electrons. The number of phenols is 3. The van der Waals surface area contributed by atoms with Crippen molar-refractivity contribution in [3.8, 4) is 34.3 Å². The maximum absolute atomic E-state index is 13.6. The van der Waals surface area contributed by atoms with Crippen LogP contribution in [0, 0.1) is 0 Å². The highest BCUT2D eigenvalue weighted by Crippen LogP contribution is 2.46. The normalized spacial score (nSPS) is 33.3. The molecule has 0 radical (unpaired) electrons. The van der Waals surface area contributed by atoms with Gasteiger partial charge in [0.05, 0.1) is 18.8 Å². The molecule has 0 bridgehead atoms. The van der Waals surface area contributed by atoms with Crippen molar-refractivity contribution in [2.45, 2.75) is 91.9 Å². The summed E-state index contributed by atoms with van der Waals surface area (Å²) in [6, 6.07) is 13.4. The fraction of sp³-hybridized carbons (Fsp3) is 0.429. The Hall–Kier alpha value is -5.28. The lowest BCUT2D eigenvalue weighted by Gasteiger charge is -2.46. The van der Waals surface area contributed by atoms with Gasteiger partial charge in [-0.1, -0.05) is 12.1 Å². The van der Waals surface area contributed by atoms with Gasteiger partial charge in [-0.05, 0) is 48.0 Å². The molecule has 22 heteroatoms. The van der Waals surface area contributed by atoms with Crippen LogP contribution in [0.1, 0.15) is 17.2 Å². The van der Waals surface area contributed by atoms with Crippen molar-refractivity contribution in [2.75, 3.05) is 19.8 Å². The molecule has 0 aliphatic carbocycles. The number of ether oxygens (including phenoxy) is 6. The molecular weight excluding hydrogens is 856 g/mol. The first-order valence-electron chi connectivity index (χ1n) is 19.7. The molecule has 3 aromatic carbocycles. The number of hydrogen-bond acceptors (Lipinski definition) is 22. The lowest BCUT2D eigenvalue weighted by molar-refractivity contribution is -0.342. The highest BCUT2D eigenvalue weighted by Gasteiger charge is 2.52. The average molecular weight is 903 g/mol. The van der Waals surface area contributed by atoms with Crippen LogP contribution in [0.3, 0.4) is 0 Å². The molecule has 3 aliphatic heterocycles. The molecule has 15 atom stereocenters. The lowest BCUT2D eigenvalue weighted by Crippen LogP contribution is -2.63. The van der Waals surface area contributed by atoms with Crippen LogP contribution in [-0.2, 0) is 28.5 Å². The van der Waals surface area contributed by atoms with E-state index in [1.807, 2.05) is 0 Å². The Morgan fingerprint density at radius 3 is 1.92 bits per heavy atom. The zero-order chi connectivity index (χ0) is 46.1. The average Bonchev–Trinajstić information content (AvgIpc) is 3.28. The molecule has 0 unspecified atom stereocenters. The molecule has 0 saturated carbocycles. The van der Waals surface area contributed by atoms with E-state index in [1.165, 1.54) is 54.6 Å². The summed E-state index contributed by atoms with van der Waals surface area (Å²) in [5.41, 5.74) is -1.01. The highest BCUT2D eigenvalue weighted by molar-refractivity contribution is 5.88. The van der Waals surface area contributed by atoms with Crippen LogP contribution < -0.4 is 10.2 Å². The minimum atomic E-state index is -2.06. The Morgan fingerprint density at radius 2 is 1.27 bits per heavy atom. The number of hydrogen-bond donors (Lipinski definition) is 13. The van der Waals surface area contributed by atoms with Gasteiger partial charge in [0, 0.05) is 23.8 Å². The number of aliphatic hydroxyl groups excluding tert-OH is 10. The first-order chi connectivity index (χ1) is 30.5. The predicted octanol–water partition coefficient (Wildman–Crippen LogP) is -2.64. The summed E-state index contributed by atoms with van der Waals surface area (Å²) in [6.07, 6.45) is -24.0. The Kier molecular flexibility index (Phi) is 14.2. The number of benzene rings is 3. The number of aliphatic hydroxyl groups is 10. The minimum absolute atomic E-state index is 0.00472. The number of esters is 1. The van der Waals surface area contributed by atoms with Gasteiger partial charge in [0.1, 0.15) is 126 Å². The number of phenolic OH excluding ortho intramolecular Hbond substituents is 3. The molecule has 1 aromatic heterocycles. The van der Waals surface area contributed by atoms with E-state index < -0.39 is 146 Å². The van der Waals surface area contributed by atoms with Gasteiger partial charge >= 0.3 is 5.97 Å². The summed E-state index contributed by atoms with van der Waals surface area (Å²) >= 11 is 0. The van der Waals surface area contributed by atoms with E-state index in [9.17, 15) is 76.0 Å². The van der Waals surface area contributed by atoms with Crippen LogP contribution in [0.25, 0.3) is 28.4 Å². The Bertz CT molecular complexity index is 2330. The monoisotopic (exact) mass is 902 g/mol. The van der Waals surface area contributed by atoms with Crippen LogP contribution >= 0.6 is 0 Å². The van der Waals surface area contributed by atoms with Gasteiger partial charge < -0.3 is 99.2 Å². The summed E-state index contributed by atoms with van der Waals surface area (Å²) in [6.45, 7) is -2.28. The number of aromatic hydroxyl groups is 3. The lowest BCUT2D eigenvalue weighted by atomic mass is 9.89. The summed E-state index contributed by atoms with van der Waals surface area (Å²) < 4.78 is 39.3. The molecule has 3 fully saturated rings. The predicted molar refractivity (Wildman–Crippen MR) is 212 cm³/mol. The van der Waals surface area contributed by atoms with Crippen molar-refractivity contribution in [3.63, 3.8) is 0 Å². The van der Waals surface area contributed by atoms with Gasteiger partial charge in [-0.15, -0.1) is 0 Å².